The maximum Gasteiger partial charge on any atom is 0.330 e. The molecule has 0 saturated heterocycles. The van der Waals surface area contributed by atoms with Gasteiger partial charge in [0.1, 0.15) is 0 Å². The number of rotatable bonds is 6. The number of carbonyl (C=O) groups is 2. The molecule has 0 radical (unpaired) electrons. The summed E-state index contributed by atoms with van der Waals surface area (Å²) in [6, 6.07) is 6.34. The van der Waals surface area contributed by atoms with Gasteiger partial charge in [0, 0.05) is 6.08 Å². The normalized spacial score (nSPS) is 15.0. The molecular formula is C19H25NO3. The number of hydrogen-bond donors (Lipinski definition) is 1. The van der Waals surface area contributed by atoms with E-state index >= 15 is 0 Å². The second kappa shape index (κ2) is 8.51. The van der Waals surface area contributed by atoms with Crippen LogP contribution in [-0.4, -0.2) is 18.5 Å². The Morgan fingerprint density at radius 3 is 2.74 bits per heavy atom. The van der Waals surface area contributed by atoms with Gasteiger partial charge in [0.15, 0.2) is 6.61 Å². The average Bonchev–Trinajstić information content (AvgIpc) is 2.57. The number of allylic oxidation sites excluding steroid dienone is 1. The highest BCUT2D eigenvalue weighted by Gasteiger charge is 2.14. The Labute approximate surface area is 137 Å². The van der Waals surface area contributed by atoms with Crippen molar-refractivity contribution >= 4 is 11.9 Å². The lowest BCUT2D eigenvalue weighted by Crippen LogP contribution is -2.31. The molecule has 0 saturated carbocycles. The molecule has 0 aliphatic heterocycles. The molecule has 1 N–H and O–H groups in total. The summed E-state index contributed by atoms with van der Waals surface area (Å²) in [6.45, 7) is 3.63. The zero-order valence-electron chi connectivity index (χ0n) is 13.9. The Morgan fingerprint density at radius 2 is 2.00 bits per heavy atom. The van der Waals surface area contributed by atoms with E-state index in [1.807, 2.05) is 13.8 Å². The van der Waals surface area contributed by atoms with Crippen molar-refractivity contribution in [1.82, 2.24) is 5.32 Å². The number of hydrogen-bond acceptors (Lipinski definition) is 3. The number of nitrogens with one attached hydrogen (secondary N) is 1. The van der Waals surface area contributed by atoms with Crippen molar-refractivity contribution in [3.8, 4) is 0 Å². The minimum Gasteiger partial charge on any atom is -0.452 e. The van der Waals surface area contributed by atoms with Crippen LogP contribution >= 0.6 is 0 Å². The quantitative estimate of drug-likeness (QED) is 0.647. The van der Waals surface area contributed by atoms with Crippen LogP contribution in [0.15, 0.2) is 30.4 Å². The van der Waals surface area contributed by atoms with Crippen molar-refractivity contribution in [1.29, 1.82) is 0 Å². The first-order chi connectivity index (χ1) is 11.1. The molecule has 0 heterocycles. The fraction of sp³-hybridized carbons (Fsp3) is 0.474. The minimum atomic E-state index is -0.483. The minimum absolute atomic E-state index is 0.0976. The third-order valence-electron chi connectivity index (χ3n) is 4.09. The van der Waals surface area contributed by atoms with Crippen LogP contribution in [0.4, 0.5) is 0 Å². The maximum absolute atomic E-state index is 11.9. The van der Waals surface area contributed by atoms with Crippen LogP contribution in [0.3, 0.4) is 0 Å². The van der Waals surface area contributed by atoms with E-state index in [0.29, 0.717) is 0 Å². The SMILES string of the molecule is CC/C=C\C(=O)OCC(=O)N[C@H](C)c1ccc2c(c1)CCCC2. The Balaban J connectivity index is 1.86. The molecule has 0 bridgehead atoms. The second-order valence-electron chi connectivity index (χ2n) is 5.94. The van der Waals surface area contributed by atoms with Crippen LogP contribution in [0.25, 0.3) is 0 Å². The lowest BCUT2D eigenvalue weighted by molar-refractivity contribution is -0.144. The number of benzene rings is 1. The zero-order chi connectivity index (χ0) is 16.7. The summed E-state index contributed by atoms with van der Waals surface area (Å²) in [5.74, 6) is -0.767. The van der Waals surface area contributed by atoms with Crippen LogP contribution in [0.5, 0.6) is 0 Å². The molecule has 0 aromatic heterocycles. The average molecular weight is 315 g/mol. The first-order valence-electron chi connectivity index (χ1n) is 8.34. The van der Waals surface area contributed by atoms with E-state index in [9.17, 15) is 9.59 Å². The van der Waals surface area contributed by atoms with Gasteiger partial charge in [0.2, 0.25) is 0 Å². The highest BCUT2D eigenvalue weighted by atomic mass is 16.5. The van der Waals surface area contributed by atoms with Gasteiger partial charge >= 0.3 is 5.97 Å². The van der Waals surface area contributed by atoms with E-state index in [1.54, 1.807) is 6.08 Å². The Morgan fingerprint density at radius 1 is 1.26 bits per heavy atom. The molecule has 0 unspecified atom stereocenters. The summed E-state index contributed by atoms with van der Waals surface area (Å²) in [4.78, 5) is 23.2. The second-order valence-corrected chi connectivity index (χ2v) is 5.94. The van der Waals surface area contributed by atoms with Gasteiger partial charge in [-0.25, -0.2) is 4.79 Å². The van der Waals surface area contributed by atoms with Crippen molar-refractivity contribution in [3.05, 3.63) is 47.0 Å². The molecule has 124 valence electrons. The topological polar surface area (TPSA) is 55.4 Å². The molecule has 1 atom stereocenters. The van der Waals surface area contributed by atoms with E-state index in [4.69, 9.17) is 4.74 Å². The van der Waals surface area contributed by atoms with Crippen molar-refractivity contribution in [2.24, 2.45) is 0 Å². The molecule has 2 rings (SSSR count). The van der Waals surface area contributed by atoms with E-state index in [2.05, 4.69) is 23.5 Å². The fourth-order valence-corrected chi connectivity index (χ4v) is 2.79. The first-order valence-corrected chi connectivity index (χ1v) is 8.34. The summed E-state index contributed by atoms with van der Waals surface area (Å²) in [5.41, 5.74) is 3.91. The molecule has 1 aliphatic rings. The molecule has 1 aliphatic carbocycles. The van der Waals surface area contributed by atoms with Gasteiger partial charge in [-0.15, -0.1) is 0 Å². The highest BCUT2D eigenvalue weighted by Crippen LogP contribution is 2.24. The molecule has 1 amide bonds. The lowest BCUT2D eigenvalue weighted by Gasteiger charge is -2.20. The molecular weight excluding hydrogens is 290 g/mol. The number of fused-ring (bicyclic) bond motifs is 1. The maximum atomic E-state index is 11.9. The predicted octanol–water partition coefficient (Wildman–Crippen LogP) is 3.25. The van der Waals surface area contributed by atoms with Gasteiger partial charge in [-0.2, -0.15) is 0 Å². The van der Waals surface area contributed by atoms with Gasteiger partial charge in [0.25, 0.3) is 5.91 Å². The number of carbonyl (C=O) groups excluding carboxylic acids is 2. The number of aryl methyl sites for hydroxylation is 2. The lowest BCUT2D eigenvalue weighted by atomic mass is 9.89. The number of esters is 1. The summed E-state index contributed by atoms with van der Waals surface area (Å²) in [6.07, 6.45) is 8.57. The van der Waals surface area contributed by atoms with Gasteiger partial charge < -0.3 is 10.1 Å². The summed E-state index contributed by atoms with van der Waals surface area (Å²) in [5, 5.41) is 2.87. The molecule has 0 fully saturated rings. The van der Waals surface area contributed by atoms with Crippen LogP contribution in [0, 0.1) is 0 Å². The Kier molecular flexibility index (Phi) is 6.39. The molecule has 23 heavy (non-hydrogen) atoms. The van der Waals surface area contributed by atoms with Crippen molar-refractivity contribution in [2.75, 3.05) is 6.61 Å². The van der Waals surface area contributed by atoms with Crippen molar-refractivity contribution < 1.29 is 14.3 Å². The number of ether oxygens (including phenoxy) is 1. The van der Waals surface area contributed by atoms with Gasteiger partial charge in [-0.05, 0) is 55.7 Å². The Bertz CT molecular complexity index is 592. The molecule has 1 aromatic carbocycles. The van der Waals surface area contributed by atoms with E-state index in [1.165, 1.54) is 30.0 Å². The monoisotopic (exact) mass is 315 g/mol. The first kappa shape index (κ1) is 17.3. The van der Waals surface area contributed by atoms with Gasteiger partial charge in [-0.3, -0.25) is 4.79 Å². The smallest absolute Gasteiger partial charge is 0.330 e. The third kappa shape index (κ3) is 5.23. The summed E-state index contributed by atoms with van der Waals surface area (Å²) < 4.78 is 4.90. The van der Waals surface area contributed by atoms with E-state index < -0.39 is 5.97 Å². The van der Waals surface area contributed by atoms with Crippen LogP contribution in [-0.2, 0) is 27.2 Å². The standard InChI is InChI=1S/C19H25NO3/c1-3-4-9-19(22)23-13-18(21)20-14(2)16-11-10-15-7-5-6-8-17(15)12-16/h4,9-12,14H,3,5-8,13H2,1-2H3,(H,20,21)/b9-4-/t14-/m1/s1. The van der Waals surface area contributed by atoms with E-state index in [0.717, 1.165) is 24.8 Å². The van der Waals surface area contributed by atoms with E-state index in [-0.39, 0.29) is 18.6 Å². The van der Waals surface area contributed by atoms with Gasteiger partial charge in [0.05, 0.1) is 6.04 Å². The van der Waals surface area contributed by atoms with Crippen LogP contribution in [0.1, 0.15) is 55.8 Å². The van der Waals surface area contributed by atoms with Crippen LogP contribution < -0.4 is 5.32 Å². The number of amides is 1. The van der Waals surface area contributed by atoms with Crippen molar-refractivity contribution in [2.45, 2.75) is 52.0 Å². The highest BCUT2D eigenvalue weighted by molar-refractivity contribution is 5.85. The zero-order valence-corrected chi connectivity index (χ0v) is 13.9. The van der Waals surface area contributed by atoms with Crippen molar-refractivity contribution in [3.63, 3.8) is 0 Å². The fourth-order valence-electron chi connectivity index (χ4n) is 2.79. The summed E-state index contributed by atoms with van der Waals surface area (Å²) >= 11 is 0. The Hall–Kier alpha value is -2.10. The molecule has 0 spiro atoms. The molecule has 1 aromatic rings. The van der Waals surface area contributed by atoms with Gasteiger partial charge in [-0.1, -0.05) is 31.2 Å². The predicted molar refractivity (Wildman–Crippen MR) is 90.0 cm³/mol. The molecule has 4 nitrogen and oxygen atoms in total. The largest absolute Gasteiger partial charge is 0.452 e. The third-order valence-corrected chi connectivity index (χ3v) is 4.09. The summed E-state index contributed by atoms with van der Waals surface area (Å²) in [7, 11) is 0. The van der Waals surface area contributed by atoms with Crippen LogP contribution in [0.2, 0.25) is 0 Å². The molecule has 4 heteroatoms.